The van der Waals surface area contributed by atoms with Gasteiger partial charge in [0.25, 0.3) is 0 Å². The van der Waals surface area contributed by atoms with Gasteiger partial charge in [-0.15, -0.1) is 0 Å². The Morgan fingerprint density at radius 1 is 1.26 bits per heavy atom. The van der Waals surface area contributed by atoms with Crippen LogP contribution in [0.2, 0.25) is 0 Å². The largest absolute Gasteiger partial charge is 0.384 e. The Balaban J connectivity index is 2.76. The second-order valence-corrected chi connectivity index (χ2v) is 4.70. The lowest BCUT2D eigenvalue weighted by atomic mass is 10.1. The lowest BCUT2D eigenvalue weighted by Crippen LogP contribution is -2.24. The Labute approximate surface area is 112 Å². The number of amidine groups is 1. The van der Waals surface area contributed by atoms with Crippen molar-refractivity contribution in [1.29, 1.82) is 5.41 Å². The fraction of sp³-hybridized carbons (Fsp3) is 0.200. The molecule has 0 bridgehead atoms. The number of aryl methyl sites for hydroxylation is 2. The Morgan fingerprint density at radius 2 is 1.95 bits per heavy atom. The van der Waals surface area contributed by atoms with E-state index in [4.69, 9.17) is 11.1 Å². The van der Waals surface area contributed by atoms with Gasteiger partial charge in [0.05, 0.1) is 5.56 Å². The van der Waals surface area contributed by atoms with E-state index in [9.17, 15) is 4.79 Å². The van der Waals surface area contributed by atoms with E-state index < -0.39 is 0 Å². The van der Waals surface area contributed by atoms with Crippen molar-refractivity contribution >= 4 is 5.84 Å². The van der Waals surface area contributed by atoms with Gasteiger partial charge < -0.3 is 10.3 Å². The van der Waals surface area contributed by atoms with Crippen molar-refractivity contribution in [3.05, 3.63) is 63.1 Å². The topological polar surface area (TPSA) is 71.9 Å². The quantitative estimate of drug-likeness (QED) is 0.636. The van der Waals surface area contributed by atoms with E-state index in [1.54, 1.807) is 6.20 Å². The smallest absolute Gasteiger partial charge is 0.192 e. The van der Waals surface area contributed by atoms with E-state index >= 15 is 0 Å². The maximum absolute atomic E-state index is 11.8. The zero-order valence-electron chi connectivity index (χ0n) is 11.3. The Kier molecular flexibility index (Phi) is 3.25. The molecule has 0 unspecified atom stereocenters. The van der Waals surface area contributed by atoms with Gasteiger partial charge in [0.15, 0.2) is 5.43 Å². The van der Waals surface area contributed by atoms with Crippen LogP contribution in [0.4, 0.5) is 0 Å². The summed E-state index contributed by atoms with van der Waals surface area (Å²) in [7, 11) is 0. The molecule has 0 radical (unpaired) electrons. The molecule has 4 heteroatoms. The molecule has 1 heterocycles. The number of benzene rings is 1. The summed E-state index contributed by atoms with van der Waals surface area (Å²) < 4.78 is 1.90. The highest BCUT2D eigenvalue weighted by Gasteiger charge is 2.09. The lowest BCUT2D eigenvalue weighted by molar-refractivity contribution is 0.954. The molecule has 0 saturated carbocycles. The maximum Gasteiger partial charge on any atom is 0.192 e. The van der Waals surface area contributed by atoms with Crippen molar-refractivity contribution in [1.82, 2.24) is 4.57 Å². The predicted octanol–water partition coefficient (Wildman–Crippen LogP) is 2.05. The molecule has 1 aromatic heterocycles. The van der Waals surface area contributed by atoms with Crippen LogP contribution >= 0.6 is 0 Å². The van der Waals surface area contributed by atoms with Gasteiger partial charge in [-0.25, -0.2) is 0 Å². The third-order valence-corrected chi connectivity index (χ3v) is 3.37. The summed E-state index contributed by atoms with van der Waals surface area (Å²) >= 11 is 0. The van der Waals surface area contributed by atoms with Crippen LogP contribution in [0.5, 0.6) is 0 Å². The van der Waals surface area contributed by atoms with Gasteiger partial charge in [0.1, 0.15) is 5.84 Å². The summed E-state index contributed by atoms with van der Waals surface area (Å²) in [6.07, 6.45) is 1.64. The zero-order chi connectivity index (χ0) is 14.2. The summed E-state index contributed by atoms with van der Waals surface area (Å²) in [4.78, 5) is 11.8. The van der Waals surface area contributed by atoms with Crippen LogP contribution in [0.1, 0.15) is 22.4 Å². The van der Waals surface area contributed by atoms with Crippen LogP contribution in [0.15, 0.2) is 35.3 Å². The van der Waals surface area contributed by atoms with Gasteiger partial charge >= 0.3 is 0 Å². The minimum absolute atomic E-state index is 0.205. The highest BCUT2D eigenvalue weighted by Crippen LogP contribution is 2.18. The molecule has 19 heavy (non-hydrogen) atoms. The van der Waals surface area contributed by atoms with E-state index in [0.29, 0.717) is 0 Å². The Hall–Kier alpha value is -2.36. The number of nitrogens with one attached hydrogen (secondary N) is 1. The molecule has 0 aliphatic carbocycles. The molecule has 0 amide bonds. The van der Waals surface area contributed by atoms with Crippen LogP contribution in [0, 0.1) is 26.2 Å². The summed E-state index contributed by atoms with van der Waals surface area (Å²) in [5, 5.41) is 7.47. The summed E-state index contributed by atoms with van der Waals surface area (Å²) in [6.45, 7) is 5.95. The molecule has 98 valence electrons. The van der Waals surface area contributed by atoms with E-state index in [1.165, 1.54) is 11.6 Å². The van der Waals surface area contributed by atoms with Crippen molar-refractivity contribution in [2.45, 2.75) is 20.8 Å². The molecule has 1 aromatic carbocycles. The minimum Gasteiger partial charge on any atom is -0.384 e. The van der Waals surface area contributed by atoms with Crippen LogP contribution < -0.4 is 11.2 Å². The van der Waals surface area contributed by atoms with Crippen LogP contribution in [0.25, 0.3) is 5.69 Å². The molecular formula is C15H17N3O. The first-order valence-electron chi connectivity index (χ1n) is 6.06. The third kappa shape index (κ3) is 2.29. The second kappa shape index (κ2) is 4.72. The number of aromatic nitrogens is 1. The fourth-order valence-corrected chi connectivity index (χ4v) is 2.09. The van der Waals surface area contributed by atoms with Crippen LogP contribution in [0.3, 0.4) is 0 Å². The van der Waals surface area contributed by atoms with Gasteiger partial charge in [-0.05, 0) is 38.0 Å². The molecule has 0 fully saturated rings. The van der Waals surface area contributed by atoms with Crippen molar-refractivity contribution in [2.75, 3.05) is 0 Å². The SMILES string of the molecule is Cc1cccc(-n2cc(C(=N)N)c(=O)cc2C)c1C. The standard InChI is InChI=1S/C15H17N3O/c1-9-5-4-6-13(11(9)3)18-8-12(15(16)17)14(19)7-10(18)2/h4-8H,1-3H3,(H3,16,17). The highest BCUT2D eigenvalue weighted by molar-refractivity contribution is 5.94. The molecule has 4 nitrogen and oxygen atoms in total. The number of pyridine rings is 1. The summed E-state index contributed by atoms with van der Waals surface area (Å²) in [6, 6.07) is 7.52. The monoisotopic (exact) mass is 255 g/mol. The van der Waals surface area contributed by atoms with Crippen molar-refractivity contribution in [2.24, 2.45) is 5.73 Å². The lowest BCUT2D eigenvalue weighted by Gasteiger charge is -2.16. The number of nitrogens with zero attached hydrogens (tertiary/aromatic N) is 1. The van der Waals surface area contributed by atoms with Crippen LogP contribution in [-0.2, 0) is 0 Å². The molecule has 2 rings (SSSR count). The summed E-state index contributed by atoms with van der Waals surface area (Å²) in [5.41, 5.74) is 9.61. The first-order valence-corrected chi connectivity index (χ1v) is 6.06. The molecule has 3 N–H and O–H groups in total. The predicted molar refractivity (Wildman–Crippen MR) is 77.3 cm³/mol. The first-order chi connectivity index (χ1) is 8.91. The van der Waals surface area contributed by atoms with E-state index in [1.807, 2.05) is 43.5 Å². The van der Waals surface area contributed by atoms with E-state index in [-0.39, 0.29) is 16.8 Å². The Morgan fingerprint density at radius 3 is 2.58 bits per heavy atom. The normalized spacial score (nSPS) is 10.5. The minimum atomic E-state index is -0.216. The van der Waals surface area contributed by atoms with Crippen molar-refractivity contribution < 1.29 is 0 Å². The molecule has 0 aliphatic heterocycles. The number of rotatable bonds is 2. The van der Waals surface area contributed by atoms with E-state index in [0.717, 1.165) is 16.9 Å². The van der Waals surface area contributed by atoms with Crippen molar-refractivity contribution in [3.8, 4) is 5.69 Å². The molecule has 0 atom stereocenters. The van der Waals surface area contributed by atoms with Gasteiger partial charge in [-0.3, -0.25) is 10.2 Å². The maximum atomic E-state index is 11.8. The second-order valence-electron chi connectivity index (χ2n) is 4.70. The first kappa shape index (κ1) is 13.1. The number of hydrogen-bond donors (Lipinski definition) is 2. The Bertz CT molecular complexity index is 714. The highest BCUT2D eigenvalue weighted by atomic mass is 16.1. The fourth-order valence-electron chi connectivity index (χ4n) is 2.09. The van der Waals surface area contributed by atoms with Crippen LogP contribution in [-0.4, -0.2) is 10.4 Å². The summed E-state index contributed by atoms with van der Waals surface area (Å²) in [5.74, 6) is -0.205. The average molecular weight is 255 g/mol. The van der Waals surface area contributed by atoms with Gasteiger partial charge in [0, 0.05) is 23.6 Å². The molecule has 0 spiro atoms. The molecule has 0 saturated heterocycles. The number of hydrogen-bond acceptors (Lipinski definition) is 2. The number of nitrogen functional groups attached to an aromatic ring is 1. The molecule has 2 aromatic rings. The average Bonchev–Trinajstić information content (AvgIpc) is 2.33. The van der Waals surface area contributed by atoms with Gasteiger partial charge in [-0.2, -0.15) is 0 Å². The van der Waals surface area contributed by atoms with Gasteiger partial charge in [0.2, 0.25) is 0 Å². The molecule has 0 aliphatic rings. The van der Waals surface area contributed by atoms with E-state index in [2.05, 4.69) is 0 Å². The molecular weight excluding hydrogens is 238 g/mol. The number of nitrogens with two attached hydrogens (primary N) is 1. The third-order valence-electron chi connectivity index (χ3n) is 3.37. The van der Waals surface area contributed by atoms with Crippen molar-refractivity contribution in [3.63, 3.8) is 0 Å². The zero-order valence-corrected chi connectivity index (χ0v) is 11.3. The van der Waals surface area contributed by atoms with Gasteiger partial charge in [-0.1, -0.05) is 12.1 Å².